The summed E-state index contributed by atoms with van der Waals surface area (Å²) in [5.74, 6) is -0.254. The molecule has 3 nitrogen and oxygen atoms in total. The molecule has 0 amide bonds. The van der Waals surface area contributed by atoms with Crippen LogP contribution in [0.15, 0.2) is 42.0 Å². The fourth-order valence-corrected chi connectivity index (χ4v) is 1.31. The first-order valence-corrected chi connectivity index (χ1v) is 4.95. The van der Waals surface area contributed by atoms with Gasteiger partial charge in [0, 0.05) is 19.2 Å². The number of nitrogens with one attached hydrogen (secondary N) is 1. The SMILES string of the molecule is O=C(C=C1CNC1)OCc1ccccc1. The molecule has 0 atom stereocenters. The van der Waals surface area contributed by atoms with Gasteiger partial charge in [-0.25, -0.2) is 4.79 Å². The van der Waals surface area contributed by atoms with Crippen LogP contribution in [-0.4, -0.2) is 19.1 Å². The van der Waals surface area contributed by atoms with Gasteiger partial charge in [-0.2, -0.15) is 0 Å². The molecular weight excluding hydrogens is 190 g/mol. The molecule has 1 fully saturated rings. The number of rotatable bonds is 3. The second-order valence-corrected chi connectivity index (χ2v) is 3.50. The van der Waals surface area contributed by atoms with E-state index in [-0.39, 0.29) is 5.97 Å². The van der Waals surface area contributed by atoms with Crippen LogP contribution in [0.1, 0.15) is 5.56 Å². The molecule has 1 aromatic carbocycles. The topological polar surface area (TPSA) is 38.3 Å². The number of hydrogen-bond acceptors (Lipinski definition) is 3. The molecule has 15 heavy (non-hydrogen) atoms. The third-order valence-electron chi connectivity index (χ3n) is 2.25. The van der Waals surface area contributed by atoms with Gasteiger partial charge in [-0.3, -0.25) is 0 Å². The van der Waals surface area contributed by atoms with Gasteiger partial charge in [0.15, 0.2) is 0 Å². The van der Waals surface area contributed by atoms with Crippen molar-refractivity contribution in [1.29, 1.82) is 0 Å². The lowest BCUT2D eigenvalue weighted by molar-refractivity contribution is -0.139. The minimum Gasteiger partial charge on any atom is -0.458 e. The van der Waals surface area contributed by atoms with Crippen LogP contribution in [0.4, 0.5) is 0 Å². The first-order chi connectivity index (χ1) is 7.34. The molecular formula is C12H13NO2. The maximum Gasteiger partial charge on any atom is 0.331 e. The molecule has 1 saturated heterocycles. The summed E-state index contributed by atoms with van der Waals surface area (Å²) in [6.45, 7) is 1.96. The Morgan fingerprint density at radius 1 is 1.33 bits per heavy atom. The van der Waals surface area contributed by atoms with Crippen molar-refractivity contribution in [3.05, 3.63) is 47.5 Å². The van der Waals surface area contributed by atoms with Crippen molar-refractivity contribution in [2.45, 2.75) is 6.61 Å². The molecule has 0 radical (unpaired) electrons. The molecule has 1 N–H and O–H groups in total. The van der Waals surface area contributed by atoms with Crippen molar-refractivity contribution < 1.29 is 9.53 Å². The lowest BCUT2D eigenvalue weighted by Crippen LogP contribution is -2.34. The molecule has 1 aromatic rings. The fraction of sp³-hybridized carbons (Fsp3) is 0.250. The molecule has 1 aliphatic heterocycles. The Kier molecular flexibility index (Phi) is 3.15. The van der Waals surface area contributed by atoms with Gasteiger partial charge >= 0.3 is 5.97 Å². The van der Waals surface area contributed by atoms with Crippen LogP contribution >= 0.6 is 0 Å². The van der Waals surface area contributed by atoms with Crippen LogP contribution in [0.2, 0.25) is 0 Å². The molecule has 0 unspecified atom stereocenters. The summed E-state index contributed by atoms with van der Waals surface area (Å²) in [4.78, 5) is 11.3. The Labute approximate surface area is 88.8 Å². The molecule has 0 aromatic heterocycles. The maximum atomic E-state index is 11.3. The predicted octanol–water partition coefficient (Wildman–Crippen LogP) is 1.26. The predicted molar refractivity (Wildman–Crippen MR) is 57.2 cm³/mol. The molecule has 0 aliphatic carbocycles. The van der Waals surface area contributed by atoms with Crippen molar-refractivity contribution >= 4 is 5.97 Å². The average molecular weight is 203 g/mol. The highest BCUT2D eigenvalue weighted by atomic mass is 16.5. The number of carbonyl (C=O) groups excluding carboxylic acids is 1. The summed E-state index contributed by atoms with van der Waals surface area (Å²) in [7, 11) is 0. The summed E-state index contributed by atoms with van der Waals surface area (Å²) in [6, 6.07) is 9.67. The molecule has 1 aliphatic rings. The van der Waals surface area contributed by atoms with Gasteiger partial charge in [0.1, 0.15) is 6.61 Å². The van der Waals surface area contributed by atoms with Crippen molar-refractivity contribution in [3.63, 3.8) is 0 Å². The highest BCUT2D eigenvalue weighted by molar-refractivity contribution is 5.83. The summed E-state index contributed by atoms with van der Waals surface area (Å²) >= 11 is 0. The largest absolute Gasteiger partial charge is 0.458 e. The van der Waals surface area contributed by atoms with E-state index >= 15 is 0 Å². The van der Waals surface area contributed by atoms with E-state index in [1.165, 1.54) is 0 Å². The Balaban J connectivity index is 1.80. The molecule has 0 bridgehead atoms. The van der Waals surface area contributed by atoms with E-state index in [4.69, 9.17) is 4.74 Å². The Morgan fingerprint density at radius 2 is 2.07 bits per heavy atom. The molecule has 2 rings (SSSR count). The standard InChI is InChI=1S/C12H13NO2/c14-12(6-11-7-13-8-11)15-9-10-4-2-1-3-5-10/h1-6,13H,7-9H2. The zero-order valence-electron chi connectivity index (χ0n) is 8.40. The third-order valence-corrected chi connectivity index (χ3v) is 2.25. The smallest absolute Gasteiger partial charge is 0.331 e. The first kappa shape index (κ1) is 9.93. The fourth-order valence-electron chi connectivity index (χ4n) is 1.31. The van der Waals surface area contributed by atoms with E-state index in [0.29, 0.717) is 6.61 Å². The van der Waals surface area contributed by atoms with E-state index in [0.717, 1.165) is 24.2 Å². The lowest BCUT2D eigenvalue weighted by atomic mass is 10.1. The summed E-state index contributed by atoms with van der Waals surface area (Å²) in [6.07, 6.45) is 1.57. The van der Waals surface area contributed by atoms with Gasteiger partial charge in [0.25, 0.3) is 0 Å². The quantitative estimate of drug-likeness (QED) is 0.593. The Morgan fingerprint density at radius 3 is 2.67 bits per heavy atom. The summed E-state index contributed by atoms with van der Waals surface area (Å²) in [5.41, 5.74) is 2.11. The summed E-state index contributed by atoms with van der Waals surface area (Å²) in [5, 5.41) is 3.06. The van der Waals surface area contributed by atoms with Crippen LogP contribution in [0, 0.1) is 0 Å². The number of benzene rings is 1. The zero-order valence-corrected chi connectivity index (χ0v) is 8.40. The monoisotopic (exact) mass is 203 g/mol. The highest BCUT2D eigenvalue weighted by Crippen LogP contribution is 2.04. The second kappa shape index (κ2) is 4.75. The van der Waals surface area contributed by atoms with Gasteiger partial charge < -0.3 is 10.1 Å². The van der Waals surface area contributed by atoms with Crippen LogP contribution in [0.3, 0.4) is 0 Å². The van der Waals surface area contributed by atoms with E-state index < -0.39 is 0 Å². The third kappa shape index (κ3) is 2.92. The Bertz CT molecular complexity index is 364. The maximum absolute atomic E-state index is 11.3. The number of hydrogen-bond donors (Lipinski definition) is 1. The molecule has 1 heterocycles. The average Bonchev–Trinajstić information content (AvgIpc) is 2.22. The minimum atomic E-state index is -0.254. The molecule has 3 heteroatoms. The normalized spacial score (nSPS) is 14.3. The molecule has 78 valence electrons. The zero-order chi connectivity index (χ0) is 10.5. The van der Waals surface area contributed by atoms with Crippen molar-refractivity contribution in [1.82, 2.24) is 5.32 Å². The van der Waals surface area contributed by atoms with Crippen LogP contribution in [0.5, 0.6) is 0 Å². The number of ether oxygens (including phenoxy) is 1. The summed E-state index contributed by atoms with van der Waals surface area (Å²) < 4.78 is 5.09. The highest BCUT2D eigenvalue weighted by Gasteiger charge is 2.09. The molecule has 0 spiro atoms. The van der Waals surface area contributed by atoms with E-state index in [1.54, 1.807) is 6.08 Å². The van der Waals surface area contributed by atoms with Gasteiger partial charge in [-0.1, -0.05) is 30.3 Å². The van der Waals surface area contributed by atoms with Crippen LogP contribution in [-0.2, 0) is 16.1 Å². The number of carbonyl (C=O) groups is 1. The minimum absolute atomic E-state index is 0.254. The van der Waals surface area contributed by atoms with Crippen molar-refractivity contribution in [3.8, 4) is 0 Å². The van der Waals surface area contributed by atoms with Crippen molar-refractivity contribution in [2.24, 2.45) is 0 Å². The lowest BCUT2D eigenvalue weighted by Gasteiger charge is -2.17. The number of esters is 1. The van der Waals surface area contributed by atoms with Gasteiger partial charge in [-0.15, -0.1) is 0 Å². The van der Waals surface area contributed by atoms with Gasteiger partial charge in [0.05, 0.1) is 0 Å². The first-order valence-electron chi connectivity index (χ1n) is 4.95. The van der Waals surface area contributed by atoms with Crippen molar-refractivity contribution in [2.75, 3.05) is 13.1 Å². The van der Waals surface area contributed by atoms with Crippen LogP contribution in [0.25, 0.3) is 0 Å². The van der Waals surface area contributed by atoms with E-state index in [9.17, 15) is 4.79 Å². The Hall–Kier alpha value is -1.61. The van der Waals surface area contributed by atoms with E-state index in [2.05, 4.69) is 5.32 Å². The van der Waals surface area contributed by atoms with E-state index in [1.807, 2.05) is 30.3 Å². The second-order valence-electron chi connectivity index (χ2n) is 3.50. The molecule has 0 saturated carbocycles. The van der Waals surface area contributed by atoms with Gasteiger partial charge in [0.2, 0.25) is 0 Å². The van der Waals surface area contributed by atoms with Gasteiger partial charge in [-0.05, 0) is 11.1 Å². The van der Waals surface area contributed by atoms with Crippen LogP contribution < -0.4 is 5.32 Å².